The van der Waals surface area contributed by atoms with Gasteiger partial charge in [-0.15, -0.1) is 0 Å². The minimum Gasteiger partial charge on any atom is -0.366 e. The minimum atomic E-state index is -4.21. The molecule has 2 nitrogen and oxygen atoms in total. The van der Waals surface area contributed by atoms with Crippen molar-refractivity contribution in [1.29, 1.82) is 0 Å². The van der Waals surface area contributed by atoms with E-state index >= 15 is 0 Å². The third kappa shape index (κ3) is 2.35. The molecular weight excluding hydrogens is 171 g/mol. The largest absolute Gasteiger partial charge is 0.414 e. The molecule has 2 N–H and O–H groups in total. The third-order valence-electron chi connectivity index (χ3n) is 1.96. The molecule has 0 bridgehead atoms. The first kappa shape index (κ1) is 9.80. The summed E-state index contributed by atoms with van der Waals surface area (Å²) in [5, 5.41) is 0. The molecule has 12 heavy (non-hydrogen) atoms. The Labute approximate surface area is 68.9 Å². The van der Waals surface area contributed by atoms with Gasteiger partial charge in [-0.2, -0.15) is 13.2 Å². The van der Waals surface area contributed by atoms with Crippen LogP contribution in [0.3, 0.4) is 0 Å². The molecule has 0 aromatic carbocycles. The Morgan fingerprint density at radius 3 is 2.42 bits per heavy atom. The lowest BCUT2D eigenvalue weighted by atomic mass is 10.1. The minimum absolute atomic E-state index is 0.0775. The molecule has 0 aromatic heterocycles. The maximum absolute atomic E-state index is 12.0. The molecule has 2 unspecified atom stereocenters. The van der Waals surface area contributed by atoms with Gasteiger partial charge in [0.2, 0.25) is 0 Å². The summed E-state index contributed by atoms with van der Waals surface area (Å²) < 4.78 is 40.8. The van der Waals surface area contributed by atoms with Crippen LogP contribution in [0, 0.1) is 0 Å². The summed E-state index contributed by atoms with van der Waals surface area (Å²) in [6.07, 6.45) is -4.98. The Balaban J connectivity index is 2.35. The summed E-state index contributed by atoms with van der Waals surface area (Å²) >= 11 is 0. The maximum Gasteiger partial charge on any atom is 0.414 e. The molecule has 0 saturated carbocycles. The van der Waals surface area contributed by atoms with Crippen molar-refractivity contribution < 1.29 is 17.9 Å². The predicted octanol–water partition coefficient (Wildman–Crippen LogP) is 1.45. The zero-order chi connectivity index (χ0) is 9.19. The first-order chi connectivity index (χ1) is 5.54. The fraction of sp³-hybridized carbons (Fsp3) is 1.00. The second kappa shape index (κ2) is 3.62. The lowest BCUT2D eigenvalue weighted by molar-refractivity contribution is -0.214. The molecule has 1 saturated heterocycles. The summed E-state index contributed by atoms with van der Waals surface area (Å²) in [6, 6.07) is 0. The Morgan fingerprint density at radius 1 is 1.33 bits per heavy atom. The van der Waals surface area contributed by atoms with Crippen molar-refractivity contribution in [3.63, 3.8) is 0 Å². The van der Waals surface area contributed by atoms with E-state index in [4.69, 9.17) is 10.5 Å². The molecule has 72 valence electrons. The molecule has 1 rings (SSSR count). The van der Waals surface area contributed by atoms with Crippen LogP contribution < -0.4 is 5.73 Å². The van der Waals surface area contributed by atoms with Crippen molar-refractivity contribution in [2.45, 2.75) is 37.6 Å². The smallest absolute Gasteiger partial charge is 0.366 e. The van der Waals surface area contributed by atoms with Crippen LogP contribution >= 0.6 is 0 Å². The van der Waals surface area contributed by atoms with E-state index in [1.807, 2.05) is 0 Å². The number of halogens is 3. The fourth-order valence-electron chi connectivity index (χ4n) is 1.34. The van der Waals surface area contributed by atoms with Crippen LogP contribution in [0.25, 0.3) is 0 Å². The topological polar surface area (TPSA) is 35.2 Å². The summed E-state index contributed by atoms with van der Waals surface area (Å²) in [4.78, 5) is 0. The molecule has 0 aliphatic carbocycles. The van der Waals surface area contributed by atoms with Gasteiger partial charge >= 0.3 is 6.18 Å². The van der Waals surface area contributed by atoms with Crippen molar-refractivity contribution in [3.8, 4) is 0 Å². The molecular formula is C7H12F3NO. The molecule has 1 heterocycles. The van der Waals surface area contributed by atoms with E-state index < -0.39 is 12.3 Å². The second-order valence-electron chi connectivity index (χ2n) is 2.94. The van der Waals surface area contributed by atoms with Crippen molar-refractivity contribution >= 4 is 0 Å². The number of alkyl halides is 3. The third-order valence-corrected chi connectivity index (χ3v) is 1.96. The second-order valence-corrected chi connectivity index (χ2v) is 2.94. The molecule has 5 heteroatoms. The van der Waals surface area contributed by atoms with Gasteiger partial charge < -0.3 is 10.5 Å². The average Bonchev–Trinajstić information content (AvgIpc) is 2.35. The lowest BCUT2D eigenvalue weighted by Crippen LogP contribution is -2.29. The maximum atomic E-state index is 12.0. The van der Waals surface area contributed by atoms with Gasteiger partial charge in [0, 0.05) is 0 Å². The number of nitrogens with two attached hydrogens (primary N) is 1. The molecule has 2 atom stereocenters. The number of hydrogen-bond acceptors (Lipinski definition) is 2. The van der Waals surface area contributed by atoms with Gasteiger partial charge in [-0.05, 0) is 25.8 Å². The van der Waals surface area contributed by atoms with E-state index in [1.165, 1.54) is 0 Å². The predicted molar refractivity (Wildman–Crippen MR) is 37.6 cm³/mol. The van der Waals surface area contributed by atoms with E-state index in [0.29, 0.717) is 19.4 Å². The fourth-order valence-corrected chi connectivity index (χ4v) is 1.34. The first-order valence-electron chi connectivity index (χ1n) is 3.96. The van der Waals surface area contributed by atoms with Crippen molar-refractivity contribution in [2.75, 3.05) is 6.54 Å². The molecule has 0 aromatic rings. The Bertz CT molecular complexity index is 148. The Kier molecular flexibility index (Phi) is 2.95. The summed E-state index contributed by atoms with van der Waals surface area (Å²) in [5.41, 5.74) is 5.20. The van der Waals surface area contributed by atoms with E-state index in [-0.39, 0.29) is 12.5 Å². The van der Waals surface area contributed by atoms with Crippen molar-refractivity contribution in [3.05, 3.63) is 0 Å². The van der Waals surface area contributed by atoms with Gasteiger partial charge in [-0.1, -0.05) is 0 Å². The van der Waals surface area contributed by atoms with Crippen molar-refractivity contribution in [1.82, 2.24) is 0 Å². The zero-order valence-electron chi connectivity index (χ0n) is 6.60. The summed E-state index contributed by atoms with van der Waals surface area (Å²) in [6.45, 7) is 0.384. The van der Waals surface area contributed by atoms with Crippen LogP contribution in [0.15, 0.2) is 0 Å². The van der Waals surface area contributed by atoms with Gasteiger partial charge in [0.25, 0.3) is 0 Å². The van der Waals surface area contributed by atoms with E-state index in [2.05, 4.69) is 0 Å². The van der Waals surface area contributed by atoms with Crippen LogP contribution in [-0.4, -0.2) is 24.9 Å². The number of ether oxygens (including phenoxy) is 1. The van der Waals surface area contributed by atoms with E-state index in [9.17, 15) is 13.2 Å². The van der Waals surface area contributed by atoms with E-state index in [0.717, 1.165) is 0 Å². The molecule has 0 amide bonds. The highest BCUT2D eigenvalue weighted by molar-refractivity contribution is 4.78. The monoisotopic (exact) mass is 183 g/mol. The van der Waals surface area contributed by atoms with Gasteiger partial charge in [0.15, 0.2) is 6.10 Å². The molecule has 1 aliphatic heterocycles. The number of rotatable bonds is 2. The Morgan fingerprint density at radius 2 is 2.00 bits per heavy atom. The molecule has 1 fully saturated rings. The quantitative estimate of drug-likeness (QED) is 0.703. The SMILES string of the molecule is NCCC1CCC(C(F)(F)F)O1. The van der Waals surface area contributed by atoms with Gasteiger partial charge in [-0.25, -0.2) is 0 Å². The molecule has 0 radical (unpaired) electrons. The highest BCUT2D eigenvalue weighted by Crippen LogP contribution is 2.33. The van der Waals surface area contributed by atoms with Crippen LogP contribution in [0.2, 0.25) is 0 Å². The lowest BCUT2D eigenvalue weighted by Gasteiger charge is -2.15. The normalized spacial score (nSPS) is 31.0. The van der Waals surface area contributed by atoms with Gasteiger partial charge in [-0.3, -0.25) is 0 Å². The summed E-state index contributed by atoms with van der Waals surface area (Å²) in [7, 11) is 0. The highest BCUT2D eigenvalue weighted by atomic mass is 19.4. The Hall–Kier alpha value is -0.290. The molecule has 0 spiro atoms. The standard InChI is InChI=1S/C7H12F3NO/c8-7(9,10)6-2-1-5(12-6)3-4-11/h5-6H,1-4,11H2. The first-order valence-corrected chi connectivity index (χ1v) is 3.96. The van der Waals surface area contributed by atoms with Crippen LogP contribution in [0.1, 0.15) is 19.3 Å². The van der Waals surface area contributed by atoms with Crippen molar-refractivity contribution in [2.24, 2.45) is 5.73 Å². The average molecular weight is 183 g/mol. The zero-order valence-corrected chi connectivity index (χ0v) is 6.60. The molecule has 1 aliphatic rings. The highest BCUT2D eigenvalue weighted by Gasteiger charge is 2.45. The van der Waals surface area contributed by atoms with Crippen LogP contribution in [-0.2, 0) is 4.74 Å². The number of hydrogen-bond donors (Lipinski definition) is 1. The van der Waals surface area contributed by atoms with Gasteiger partial charge in [0.1, 0.15) is 0 Å². The van der Waals surface area contributed by atoms with E-state index in [1.54, 1.807) is 0 Å². The van der Waals surface area contributed by atoms with Crippen LogP contribution in [0.5, 0.6) is 0 Å². The van der Waals surface area contributed by atoms with Gasteiger partial charge in [0.05, 0.1) is 6.10 Å². The van der Waals surface area contributed by atoms with Crippen LogP contribution in [0.4, 0.5) is 13.2 Å². The summed E-state index contributed by atoms with van der Waals surface area (Å²) in [5.74, 6) is 0.